The van der Waals surface area contributed by atoms with Crippen molar-refractivity contribution < 1.29 is 4.79 Å². The predicted octanol–water partition coefficient (Wildman–Crippen LogP) is 4.65. The highest BCUT2D eigenvalue weighted by molar-refractivity contribution is 5.81. The summed E-state index contributed by atoms with van der Waals surface area (Å²) in [5, 5.41) is 0. The number of benzene rings is 1. The van der Waals surface area contributed by atoms with Crippen LogP contribution in [0.15, 0.2) is 30.3 Å². The van der Waals surface area contributed by atoms with Crippen molar-refractivity contribution in [1.29, 1.82) is 0 Å². The molecular formula is C18H26O. The highest BCUT2D eigenvalue weighted by atomic mass is 16.1. The molecule has 0 bridgehead atoms. The first-order valence-electron chi connectivity index (χ1n) is 7.73. The lowest BCUT2D eigenvalue weighted by Crippen LogP contribution is -2.26. The first kappa shape index (κ1) is 14.3. The first-order chi connectivity index (χ1) is 9.16. The van der Waals surface area contributed by atoms with Crippen LogP contribution in [0.5, 0.6) is 0 Å². The molecule has 2 rings (SSSR count). The molecule has 0 heterocycles. The van der Waals surface area contributed by atoms with E-state index in [-0.39, 0.29) is 0 Å². The molecule has 104 valence electrons. The van der Waals surface area contributed by atoms with Gasteiger partial charge >= 0.3 is 0 Å². The lowest BCUT2D eigenvalue weighted by Gasteiger charge is -2.31. The summed E-state index contributed by atoms with van der Waals surface area (Å²) < 4.78 is 0. The Morgan fingerprint density at radius 1 is 1.11 bits per heavy atom. The predicted molar refractivity (Wildman–Crippen MR) is 80.1 cm³/mol. The fourth-order valence-electron chi connectivity index (χ4n) is 3.16. The molecule has 1 aliphatic carbocycles. The van der Waals surface area contributed by atoms with E-state index in [1.54, 1.807) is 0 Å². The van der Waals surface area contributed by atoms with Gasteiger partial charge in [0.15, 0.2) is 0 Å². The van der Waals surface area contributed by atoms with Crippen molar-refractivity contribution in [2.75, 3.05) is 0 Å². The number of carbonyl (C=O) groups is 1. The molecule has 0 amide bonds. The SMILES string of the molecule is CC1CCC(C(=O)CCCc2ccccc2)CC1C. The minimum absolute atomic E-state index is 0.349. The molecule has 0 aliphatic heterocycles. The van der Waals surface area contributed by atoms with Gasteiger partial charge in [-0.3, -0.25) is 4.79 Å². The zero-order chi connectivity index (χ0) is 13.7. The number of aryl methyl sites for hydroxylation is 1. The molecule has 0 radical (unpaired) electrons. The molecule has 0 spiro atoms. The lowest BCUT2D eigenvalue weighted by molar-refractivity contribution is -0.124. The average Bonchev–Trinajstić information content (AvgIpc) is 2.43. The minimum Gasteiger partial charge on any atom is -0.299 e. The molecule has 1 fully saturated rings. The van der Waals surface area contributed by atoms with Crippen LogP contribution >= 0.6 is 0 Å². The van der Waals surface area contributed by atoms with Crippen LogP contribution in [0.25, 0.3) is 0 Å². The maximum atomic E-state index is 12.2. The monoisotopic (exact) mass is 258 g/mol. The Morgan fingerprint density at radius 2 is 1.84 bits per heavy atom. The van der Waals surface area contributed by atoms with Crippen molar-refractivity contribution in [3.63, 3.8) is 0 Å². The minimum atomic E-state index is 0.349. The van der Waals surface area contributed by atoms with Crippen LogP contribution in [0, 0.1) is 17.8 Å². The van der Waals surface area contributed by atoms with Gasteiger partial charge in [-0.25, -0.2) is 0 Å². The van der Waals surface area contributed by atoms with Crippen molar-refractivity contribution in [2.45, 2.75) is 52.4 Å². The summed E-state index contributed by atoms with van der Waals surface area (Å²) in [6.45, 7) is 4.62. The molecule has 1 nitrogen and oxygen atoms in total. The van der Waals surface area contributed by atoms with Crippen molar-refractivity contribution in [2.24, 2.45) is 17.8 Å². The molecule has 1 aromatic carbocycles. The second-order valence-electron chi connectivity index (χ2n) is 6.27. The molecule has 1 heteroatoms. The maximum Gasteiger partial charge on any atom is 0.135 e. The Morgan fingerprint density at radius 3 is 2.53 bits per heavy atom. The molecule has 0 saturated heterocycles. The van der Waals surface area contributed by atoms with Gasteiger partial charge < -0.3 is 0 Å². The van der Waals surface area contributed by atoms with Crippen molar-refractivity contribution in [3.8, 4) is 0 Å². The van der Waals surface area contributed by atoms with Crippen LogP contribution in [0.3, 0.4) is 0 Å². The Balaban J connectivity index is 1.73. The van der Waals surface area contributed by atoms with Crippen LogP contribution in [-0.4, -0.2) is 5.78 Å². The van der Waals surface area contributed by atoms with Gasteiger partial charge in [-0.2, -0.15) is 0 Å². The summed E-state index contributed by atoms with van der Waals surface area (Å²) in [4.78, 5) is 12.2. The van der Waals surface area contributed by atoms with E-state index in [1.165, 1.54) is 12.0 Å². The normalized spacial score (nSPS) is 27.2. The largest absolute Gasteiger partial charge is 0.299 e. The molecule has 1 aliphatic rings. The fourth-order valence-corrected chi connectivity index (χ4v) is 3.16. The fraction of sp³-hybridized carbons (Fsp3) is 0.611. The molecule has 3 atom stereocenters. The Hall–Kier alpha value is -1.11. The second-order valence-corrected chi connectivity index (χ2v) is 6.27. The molecule has 19 heavy (non-hydrogen) atoms. The molecule has 0 aromatic heterocycles. The summed E-state index contributed by atoms with van der Waals surface area (Å²) in [6.07, 6.45) is 6.27. The van der Waals surface area contributed by atoms with Crippen LogP contribution in [0.4, 0.5) is 0 Å². The zero-order valence-electron chi connectivity index (χ0n) is 12.3. The summed E-state index contributed by atoms with van der Waals surface area (Å²) >= 11 is 0. The van der Waals surface area contributed by atoms with Gasteiger partial charge in [0.05, 0.1) is 0 Å². The van der Waals surface area contributed by atoms with Gasteiger partial charge in [0.2, 0.25) is 0 Å². The van der Waals surface area contributed by atoms with Gasteiger partial charge in [0.25, 0.3) is 0 Å². The van der Waals surface area contributed by atoms with Gasteiger partial charge in [-0.15, -0.1) is 0 Å². The van der Waals surface area contributed by atoms with E-state index in [0.29, 0.717) is 11.7 Å². The van der Waals surface area contributed by atoms with Gasteiger partial charge in [-0.05, 0) is 49.5 Å². The number of Topliss-reactive ketones (excluding diaryl/α,β-unsaturated/α-hetero) is 1. The van der Waals surface area contributed by atoms with Gasteiger partial charge in [0.1, 0.15) is 5.78 Å². The van der Waals surface area contributed by atoms with Crippen LogP contribution < -0.4 is 0 Å². The average molecular weight is 258 g/mol. The van der Waals surface area contributed by atoms with E-state index >= 15 is 0 Å². The molecule has 3 unspecified atom stereocenters. The number of hydrogen-bond acceptors (Lipinski definition) is 1. The molecule has 1 saturated carbocycles. The Kier molecular flexibility index (Phi) is 5.18. The van der Waals surface area contributed by atoms with E-state index in [0.717, 1.165) is 43.9 Å². The summed E-state index contributed by atoms with van der Waals surface area (Å²) in [6, 6.07) is 10.5. The highest BCUT2D eigenvalue weighted by Crippen LogP contribution is 2.34. The quantitative estimate of drug-likeness (QED) is 0.751. The molecule has 1 aromatic rings. The van der Waals surface area contributed by atoms with Crippen molar-refractivity contribution >= 4 is 5.78 Å². The summed E-state index contributed by atoms with van der Waals surface area (Å²) in [7, 11) is 0. The van der Waals surface area contributed by atoms with E-state index in [2.05, 4.69) is 38.1 Å². The standard InChI is InChI=1S/C18H26O/c1-14-11-12-17(13-15(14)2)18(19)10-6-9-16-7-4-3-5-8-16/h3-5,7-8,14-15,17H,6,9-13H2,1-2H3. The summed E-state index contributed by atoms with van der Waals surface area (Å²) in [5.41, 5.74) is 1.35. The third kappa shape index (κ3) is 4.19. The van der Waals surface area contributed by atoms with Crippen LogP contribution in [-0.2, 0) is 11.2 Å². The maximum absolute atomic E-state index is 12.2. The van der Waals surface area contributed by atoms with E-state index in [1.807, 2.05) is 6.07 Å². The second kappa shape index (κ2) is 6.88. The van der Waals surface area contributed by atoms with Gasteiger partial charge in [-0.1, -0.05) is 44.2 Å². The van der Waals surface area contributed by atoms with Crippen molar-refractivity contribution in [1.82, 2.24) is 0 Å². The number of hydrogen-bond donors (Lipinski definition) is 0. The van der Waals surface area contributed by atoms with E-state index in [9.17, 15) is 4.79 Å². The van der Waals surface area contributed by atoms with Gasteiger partial charge in [0, 0.05) is 12.3 Å². The third-order valence-electron chi connectivity index (χ3n) is 4.78. The van der Waals surface area contributed by atoms with E-state index < -0.39 is 0 Å². The van der Waals surface area contributed by atoms with Crippen LogP contribution in [0.2, 0.25) is 0 Å². The highest BCUT2D eigenvalue weighted by Gasteiger charge is 2.28. The van der Waals surface area contributed by atoms with E-state index in [4.69, 9.17) is 0 Å². The third-order valence-corrected chi connectivity index (χ3v) is 4.78. The first-order valence-corrected chi connectivity index (χ1v) is 7.73. The number of rotatable bonds is 5. The summed E-state index contributed by atoms with van der Waals surface area (Å²) in [5.74, 6) is 2.38. The zero-order valence-corrected chi connectivity index (χ0v) is 12.3. The van der Waals surface area contributed by atoms with Crippen molar-refractivity contribution in [3.05, 3.63) is 35.9 Å². The number of carbonyl (C=O) groups excluding carboxylic acids is 1. The van der Waals surface area contributed by atoms with Crippen LogP contribution in [0.1, 0.15) is 51.5 Å². The lowest BCUT2D eigenvalue weighted by atomic mass is 9.74. The smallest absolute Gasteiger partial charge is 0.135 e. The Bertz CT molecular complexity index is 395. The number of ketones is 1. The molecule has 0 N–H and O–H groups in total. The topological polar surface area (TPSA) is 17.1 Å². The molecular weight excluding hydrogens is 232 g/mol. The Labute approximate surface area is 117 Å².